The molecule has 0 saturated heterocycles. The standard InChI is InChI=1S/C7H5ClO.C6H5NO2/c2*8-7(9)6-4-2-1-3-5-6/h2*1-5H. The van der Waals surface area contributed by atoms with Crippen LogP contribution < -0.4 is 0 Å². The van der Waals surface area contributed by atoms with E-state index in [0.29, 0.717) is 5.56 Å². The molecule has 0 amide bonds. The van der Waals surface area contributed by atoms with Gasteiger partial charge in [-0.2, -0.15) is 0 Å². The molecule has 0 fully saturated rings. The van der Waals surface area contributed by atoms with Gasteiger partial charge in [0.05, 0.1) is 4.92 Å². The summed E-state index contributed by atoms with van der Waals surface area (Å²) in [6.07, 6.45) is 0. The van der Waals surface area contributed by atoms with Gasteiger partial charge in [0.15, 0.2) is 0 Å². The quantitative estimate of drug-likeness (QED) is 0.472. The second kappa shape index (κ2) is 7.19. The predicted molar refractivity (Wildman–Crippen MR) is 69.7 cm³/mol. The number of nitrogens with zero attached hydrogens (tertiary/aromatic N) is 1. The van der Waals surface area contributed by atoms with Crippen LogP contribution >= 0.6 is 11.6 Å². The van der Waals surface area contributed by atoms with E-state index < -0.39 is 10.2 Å². The van der Waals surface area contributed by atoms with Crippen LogP contribution in [0.4, 0.5) is 5.69 Å². The zero-order chi connectivity index (χ0) is 13.4. The minimum absolute atomic E-state index is 0.137. The number of hydrogen-bond donors (Lipinski definition) is 0. The van der Waals surface area contributed by atoms with Crippen LogP contribution in [0.2, 0.25) is 0 Å². The number of hydrogen-bond acceptors (Lipinski definition) is 3. The van der Waals surface area contributed by atoms with E-state index in [0.717, 1.165) is 0 Å². The minimum Gasteiger partial charge on any atom is -0.276 e. The molecule has 0 aliphatic rings. The van der Waals surface area contributed by atoms with E-state index in [1.54, 1.807) is 42.5 Å². The molecular formula is C13H10ClNO3. The topological polar surface area (TPSA) is 60.2 Å². The lowest BCUT2D eigenvalue weighted by Gasteiger charge is -1.87. The van der Waals surface area contributed by atoms with Crippen LogP contribution in [0.1, 0.15) is 10.4 Å². The van der Waals surface area contributed by atoms with Crippen molar-refractivity contribution >= 4 is 22.5 Å². The normalized spacial score (nSPS) is 8.94. The van der Waals surface area contributed by atoms with E-state index >= 15 is 0 Å². The van der Waals surface area contributed by atoms with Gasteiger partial charge in [0.2, 0.25) is 0 Å². The molecule has 0 N–H and O–H groups in total. The third-order valence-corrected chi connectivity index (χ3v) is 2.19. The van der Waals surface area contributed by atoms with E-state index in [4.69, 9.17) is 11.6 Å². The zero-order valence-corrected chi connectivity index (χ0v) is 10.1. The lowest BCUT2D eigenvalue weighted by Crippen LogP contribution is -1.84. The number of carbonyl (C=O) groups is 1. The monoisotopic (exact) mass is 263 g/mol. The molecule has 0 unspecified atom stereocenters. The van der Waals surface area contributed by atoms with Crippen LogP contribution in [-0.2, 0) is 0 Å². The Balaban J connectivity index is 0.000000180. The van der Waals surface area contributed by atoms with Gasteiger partial charge in [-0.3, -0.25) is 14.9 Å². The van der Waals surface area contributed by atoms with E-state index in [9.17, 15) is 14.9 Å². The molecule has 2 aromatic carbocycles. The Morgan fingerprint density at radius 3 is 1.67 bits per heavy atom. The zero-order valence-electron chi connectivity index (χ0n) is 9.32. The summed E-state index contributed by atoms with van der Waals surface area (Å²) >= 11 is 5.16. The number of benzene rings is 2. The molecule has 18 heavy (non-hydrogen) atoms. The SMILES string of the molecule is O=C(Cl)c1ccccc1.O=[N+]([O-])c1ccccc1. The second-order valence-corrected chi connectivity index (χ2v) is 3.58. The highest BCUT2D eigenvalue weighted by atomic mass is 35.5. The van der Waals surface area contributed by atoms with Crippen molar-refractivity contribution in [3.05, 3.63) is 76.3 Å². The number of halogens is 1. The maximum atomic E-state index is 10.4. The summed E-state index contributed by atoms with van der Waals surface area (Å²) in [4.78, 5) is 20.0. The molecule has 5 heteroatoms. The molecular weight excluding hydrogens is 254 g/mol. The average Bonchev–Trinajstić information content (AvgIpc) is 2.41. The number of para-hydroxylation sites is 1. The lowest BCUT2D eigenvalue weighted by molar-refractivity contribution is -0.384. The van der Waals surface area contributed by atoms with Crippen molar-refractivity contribution in [2.75, 3.05) is 0 Å². The molecule has 0 bridgehead atoms. The summed E-state index contributed by atoms with van der Waals surface area (Å²) in [6.45, 7) is 0. The Bertz CT molecular complexity index is 465. The molecule has 92 valence electrons. The van der Waals surface area contributed by atoms with Gasteiger partial charge in [-0.05, 0) is 11.6 Å². The predicted octanol–water partition coefficient (Wildman–Crippen LogP) is 3.66. The average molecular weight is 264 g/mol. The molecule has 0 radical (unpaired) electrons. The van der Waals surface area contributed by atoms with Crippen molar-refractivity contribution in [1.82, 2.24) is 0 Å². The van der Waals surface area contributed by atoms with Crippen molar-refractivity contribution < 1.29 is 9.72 Å². The Hall–Kier alpha value is -2.20. The summed E-state index contributed by atoms with van der Waals surface area (Å²) in [5.41, 5.74) is 0.677. The summed E-state index contributed by atoms with van der Waals surface area (Å²) < 4.78 is 0. The number of carbonyl (C=O) groups excluding carboxylic acids is 1. The van der Waals surface area contributed by atoms with Crippen LogP contribution in [0.5, 0.6) is 0 Å². The number of rotatable bonds is 2. The van der Waals surface area contributed by atoms with Gasteiger partial charge in [0, 0.05) is 17.7 Å². The number of nitro groups is 1. The Labute approximate surface area is 109 Å². The van der Waals surface area contributed by atoms with Crippen LogP contribution in [-0.4, -0.2) is 10.2 Å². The van der Waals surface area contributed by atoms with Crippen molar-refractivity contribution in [3.63, 3.8) is 0 Å². The van der Waals surface area contributed by atoms with E-state index in [1.807, 2.05) is 6.07 Å². The Morgan fingerprint density at radius 2 is 1.39 bits per heavy atom. The summed E-state index contributed by atoms with van der Waals surface area (Å²) in [6, 6.07) is 16.7. The number of non-ortho nitro benzene ring substituents is 1. The van der Waals surface area contributed by atoms with E-state index in [1.165, 1.54) is 12.1 Å². The maximum absolute atomic E-state index is 10.4. The Kier molecular flexibility index (Phi) is 5.54. The molecule has 0 aliphatic heterocycles. The van der Waals surface area contributed by atoms with Crippen molar-refractivity contribution in [1.29, 1.82) is 0 Å². The molecule has 0 spiro atoms. The molecule has 0 heterocycles. The van der Waals surface area contributed by atoms with Gasteiger partial charge >= 0.3 is 0 Å². The molecule has 0 aromatic heterocycles. The molecule has 2 aromatic rings. The van der Waals surface area contributed by atoms with Gasteiger partial charge in [-0.25, -0.2) is 0 Å². The van der Waals surface area contributed by atoms with Gasteiger partial charge in [0.25, 0.3) is 10.9 Å². The highest BCUT2D eigenvalue weighted by molar-refractivity contribution is 6.67. The van der Waals surface area contributed by atoms with Gasteiger partial charge < -0.3 is 0 Å². The van der Waals surface area contributed by atoms with Crippen molar-refractivity contribution in [3.8, 4) is 0 Å². The molecule has 0 atom stereocenters. The van der Waals surface area contributed by atoms with E-state index in [2.05, 4.69) is 0 Å². The van der Waals surface area contributed by atoms with E-state index in [-0.39, 0.29) is 5.69 Å². The summed E-state index contributed by atoms with van der Waals surface area (Å²) in [5.74, 6) is 0. The fourth-order valence-electron chi connectivity index (χ4n) is 1.12. The fraction of sp³-hybridized carbons (Fsp3) is 0. The fourth-order valence-corrected chi connectivity index (χ4v) is 1.24. The minimum atomic E-state index is -0.417. The first-order valence-electron chi connectivity index (χ1n) is 5.05. The first-order valence-corrected chi connectivity index (χ1v) is 5.43. The lowest BCUT2D eigenvalue weighted by atomic mass is 10.2. The van der Waals surface area contributed by atoms with Crippen molar-refractivity contribution in [2.45, 2.75) is 0 Å². The van der Waals surface area contributed by atoms with Gasteiger partial charge in [-0.1, -0.05) is 48.5 Å². The van der Waals surface area contributed by atoms with Crippen LogP contribution in [0.25, 0.3) is 0 Å². The molecule has 0 aliphatic carbocycles. The third kappa shape index (κ3) is 4.76. The molecule has 4 nitrogen and oxygen atoms in total. The third-order valence-electron chi connectivity index (χ3n) is 1.97. The van der Waals surface area contributed by atoms with Crippen LogP contribution in [0.15, 0.2) is 60.7 Å². The van der Waals surface area contributed by atoms with Crippen molar-refractivity contribution in [2.24, 2.45) is 0 Å². The highest BCUT2D eigenvalue weighted by Crippen LogP contribution is 2.06. The summed E-state index contributed by atoms with van der Waals surface area (Å²) in [7, 11) is 0. The Morgan fingerprint density at radius 1 is 0.944 bits per heavy atom. The second-order valence-electron chi connectivity index (χ2n) is 3.23. The van der Waals surface area contributed by atoms with Gasteiger partial charge in [-0.15, -0.1) is 0 Å². The van der Waals surface area contributed by atoms with Crippen LogP contribution in [0.3, 0.4) is 0 Å². The molecule has 2 rings (SSSR count). The van der Waals surface area contributed by atoms with Crippen LogP contribution in [0, 0.1) is 10.1 Å². The first-order chi connectivity index (χ1) is 8.61. The summed E-state index contributed by atoms with van der Waals surface area (Å²) in [5, 5.41) is 9.60. The van der Waals surface area contributed by atoms with Gasteiger partial charge in [0.1, 0.15) is 0 Å². The maximum Gasteiger partial charge on any atom is 0.269 e. The molecule has 0 saturated carbocycles. The number of nitro benzene ring substituents is 1. The largest absolute Gasteiger partial charge is 0.276 e. The smallest absolute Gasteiger partial charge is 0.269 e. The first kappa shape index (κ1) is 13.9. The highest BCUT2D eigenvalue weighted by Gasteiger charge is 1.98.